The van der Waals surface area contributed by atoms with E-state index in [-0.39, 0.29) is 0 Å². The summed E-state index contributed by atoms with van der Waals surface area (Å²) in [5.74, 6) is 1.82. The van der Waals surface area contributed by atoms with Crippen LogP contribution >= 0.6 is 0 Å². The van der Waals surface area contributed by atoms with E-state index in [0.29, 0.717) is 5.71 Å². The van der Waals surface area contributed by atoms with Crippen LogP contribution in [-0.4, -0.2) is 48.1 Å². The summed E-state index contributed by atoms with van der Waals surface area (Å²) in [7, 11) is 2.15. The van der Waals surface area contributed by atoms with Crippen molar-refractivity contribution in [3.63, 3.8) is 0 Å². The first-order chi connectivity index (χ1) is 10.8. The normalized spacial score (nSPS) is 16.3. The summed E-state index contributed by atoms with van der Waals surface area (Å²) in [5.41, 5.74) is 1.72. The molecule has 1 aliphatic heterocycles. The molecule has 0 amide bonds. The molecule has 0 bridgehead atoms. The number of rotatable bonds is 2. The van der Waals surface area contributed by atoms with Gasteiger partial charge in [0, 0.05) is 31.7 Å². The molecule has 1 aromatic carbocycles. The highest BCUT2D eigenvalue weighted by Gasteiger charge is 2.20. The predicted molar refractivity (Wildman–Crippen MR) is 87.0 cm³/mol. The third-order valence-corrected chi connectivity index (χ3v) is 4.17. The van der Waals surface area contributed by atoms with Gasteiger partial charge in [-0.1, -0.05) is 30.3 Å². The van der Waals surface area contributed by atoms with E-state index in [0.717, 1.165) is 48.7 Å². The molecule has 0 atom stereocenters. The van der Waals surface area contributed by atoms with Crippen LogP contribution in [0.25, 0.3) is 22.4 Å². The van der Waals surface area contributed by atoms with E-state index in [9.17, 15) is 0 Å². The molecule has 0 N–H and O–H groups in total. The van der Waals surface area contributed by atoms with Gasteiger partial charge in [0.05, 0.1) is 5.39 Å². The second kappa shape index (κ2) is 5.42. The van der Waals surface area contributed by atoms with Crippen LogP contribution in [0.2, 0.25) is 0 Å². The molecule has 3 aromatic rings. The van der Waals surface area contributed by atoms with E-state index >= 15 is 0 Å². The minimum absolute atomic E-state index is 0.655. The molecule has 1 fully saturated rings. The van der Waals surface area contributed by atoms with E-state index < -0.39 is 0 Å². The number of benzene rings is 1. The second-order valence-corrected chi connectivity index (χ2v) is 5.68. The summed E-state index contributed by atoms with van der Waals surface area (Å²) < 4.78 is 5.92. The standard InChI is InChI=1S/C17H18N4O/c1-20-7-9-21(10-8-20)16-14-11-15(13-5-3-2-4-6-13)22-17(14)19-12-18-16/h2-6,11-12H,7-10H2,1H3. The minimum atomic E-state index is 0.655. The second-order valence-electron chi connectivity index (χ2n) is 5.68. The summed E-state index contributed by atoms with van der Waals surface area (Å²) in [6.45, 7) is 4.06. The molecule has 0 aliphatic carbocycles. The molecule has 1 saturated heterocycles. The number of hydrogen-bond acceptors (Lipinski definition) is 5. The maximum Gasteiger partial charge on any atom is 0.231 e. The van der Waals surface area contributed by atoms with Crippen molar-refractivity contribution >= 4 is 16.9 Å². The molecule has 3 heterocycles. The first-order valence-electron chi connectivity index (χ1n) is 7.55. The van der Waals surface area contributed by atoms with Crippen LogP contribution in [0.1, 0.15) is 0 Å². The van der Waals surface area contributed by atoms with Crippen molar-refractivity contribution < 1.29 is 4.42 Å². The van der Waals surface area contributed by atoms with Crippen LogP contribution in [0.15, 0.2) is 47.1 Å². The Morgan fingerprint density at radius 1 is 1.00 bits per heavy atom. The van der Waals surface area contributed by atoms with Gasteiger partial charge in [-0.2, -0.15) is 0 Å². The number of anilines is 1. The van der Waals surface area contributed by atoms with Crippen LogP contribution < -0.4 is 4.90 Å². The first kappa shape index (κ1) is 13.3. The molecule has 22 heavy (non-hydrogen) atoms. The van der Waals surface area contributed by atoms with Crippen molar-refractivity contribution in [3.8, 4) is 11.3 Å². The van der Waals surface area contributed by atoms with Gasteiger partial charge in [0.15, 0.2) is 0 Å². The van der Waals surface area contributed by atoms with E-state index in [1.807, 2.05) is 30.3 Å². The fourth-order valence-electron chi connectivity index (χ4n) is 2.86. The quantitative estimate of drug-likeness (QED) is 0.727. The summed E-state index contributed by atoms with van der Waals surface area (Å²) in [6.07, 6.45) is 1.59. The third-order valence-electron chi connectivity index (χ3n) is 4.17. The smallest absolute Gasteiger partial charge is 0.231 e. The average molecular weight is 294 g/mol. The van der Waals surface area contributed by atoms with Crippen molar-refractivity contribution in [2.75, 3.05) is 38.1 Å². The van der Waals surface area contributed by atoms with Crippen LogP contribution in [0.3, 0.4) is 0 Å². The van der Waals surface area contributed by atoms with E-state index in [1.165, 1.54) is 0 Å². The fraction of sp³-hybridized carbons (Fsp3) is 0.294. The number of aromatic nitrogens is 2. The lowest BCUT2D eigenvalue weighted by molar-refractivity contribution is 0.312. The molecule has 5 nitrogen and oxygen atoms in total. The summed E-state index contributed by atoms with van der Waals surface area (Å²) >= 11 is 0. The maximum atomic E-state index is 5.92. The summed E-state index contributed by atoms with van der Waals surface area (Å²) in [6, 6.07) is 12.2. The molecular formula is C17H18N4O. The highest BCUT2D eigenvalue weighted by Crippen LogP contribution is 2.31. The average Bonchev–Trinajstić information content (AvgIpc) is 3.01. The van der Waals surface area contributed by atoms with Crippen molar-refractivity contribution in [3.05, 3.63) is 42.7 Å². The number of hydrogen-bond donors (Lipinski definition) is 0. The monoisotopic (exact) mass is 294 g/mol. The fourth-order valence-corrected chi connectivity index (χ4v) is 2.86. The van der Waals surface area contributed by atoms with Gasteiger partial charge in [-0.15, -0.1) is 0 Å². The number of piperazine rings is 1. The van der Waals surface area contributed by atoms with Gasteiger partial charge >= 0.3 is 0 Å². The largest absolute Gasteiger partial charge is 0.438 e. The Morgan fingerprint density at radius 3 is 2.55 bits per heavy atom. The molecule has 0 unspecified atom stereocenters. The lowest BCUT2D eigenvalue weighted by Gasteiger charge is -2.33. The number of nitrogens with zero attached hydrogens (tertiary/aromatic N) is 4. The van der Waals surface area contributed by atoms with E-state index in [1.54, 1.807) is 6.33 Å². The van der Waals surface area contributed by atoms with Crippen LogP contribution in [-0.2, 0) is 0 Å². The summed E-state index contributed by atoms with van der Waals surface area (Å²) in [4.78, 5) is 13.4. The minimum Gasteiger partial charge on any atom is -0.438 e. The Labute approximate surface area is 129 Å². The van der Waals surface area contributed by atoms with Gasteiger partial charge in [0.2, 0.25) is 5.71 Å². The van der Waals surface area contributed by atoms with Crippen LogP contribution in [0, 0.1) is 0 Å². The van der Waals surface area contributed by atoms with Crippen molar-refractivity contribution in [1.29, 1.82) is 0 Å². The molecule has 0 spiro atoms. The van der Waals surface area contributed by atoms with Crippen molar-refractivity contribution in [2.24, 2.45) is 0 Å². The van der Waals surface area contributed by atoms with Gasteiger partial charge in [0.25, 0.3) is 0 Å². The molecule has 0 radical (unpaired) electrons. The van der Waals surface area contributed by atoms with Gasteiger partial charge in [-0.3, -0.25) is 0 Å². The lowest BCUT2D eigenvalue weighted by Crippen LogP contribution is -2.44. The zero-order chi connectivity index (χ0) is 14.9. The van der Waals surface area contributed by atoms with Gasteiger partial charge < -0.3 is 14.2 Å². The predicted octanol–water partition coefficient (Wildman–Crippen LogP) is 2.64. The number of fused-ring (bicyclic) bond motifs is 1. The summed E-state index contributed by atoms with van der Waals surface area (Å²) in [5, 5.41) is 0.992. The Balaban J connectivity index is 1.75. The molecular weight excluding hydrogens is 276 g/mol. The molecule has 5 heteroatoms. The van der Waals surface area contributed by atoms with Gasteiger partial charge in [0.1, 0.15) is 17.9 Å². The molecule has 0 saturated carbocycles. The van der Waals surface area contributed by atoms with Gasteiger partial charge in [-0.05, 0) is 13.1 Å². The Kier molecular flexibility index (Phi) is 3.27. The lowest BCUT2D eigenvalue weighted by atomic mass is 10.1. The highest BCUT2D eigenvalue weighted by molar-refractivity contribution is 5.89. The van der Waals surface area contributed by atoms with Gasteiger partial charge in [-0.25, -0.2) is 9.97 Å². The zero-order valence-electron chi connectivity index (χ0n) is 12.6. The Hall–Kier alpha value is -2.40. The third kappa shape index (κ3) is 2.33. The molecule has 2 aromatic heterocycles. The number of likely N-dealkylation sites (N-methyl/N-ethyl adjacent to an activating group) is 1. The highest BCUT2D eigenvalue weighted by atomic mass is 16.3. The first-order valence-corrected chi connectivity index (χ1v) is 7.55. The molecule has 4 rings (SSSR count). The van der Waals surface area contributed by atoms with Crippen LogP contribution in [0.5, 0.6) is 0 Å². The van der Waals surface area contributed by atoms with E-state index in [4.69, 9.17) is 4.42 Å². The van der Waals surface area contributed by atoms with E-state index in [2.05, 4.69) is 32.9 Å². The topological polar surface area (TPSA) is 45.4 Å². The van der Waals surface area contributed by atoms with Crippen molar-refractivity contribution in [1.82, 2.24) is 14.9 Å². The van der Waals surface area contributed by atoms with Crippen LogP contribution in [0.4, 0.5) is 5.82 Å². The SMILES string of the molecule is CN1CCN(c2ncnc3oc(-c4ccccc4)cc23)CC1. The maximum absolute atomic E-state index is 5.92. The Bertz CT molecular complexity index is 776. The van der Waals surface area contributed by atoms with Crippen molar-refractivity contribution in [2.45, 2.75) is 0 Å². The number of furan rings is 1. The molecule has 112 valence electrons. The molecule has 1 aliphatic rings. The Morgan fingerprint density at radius 2 is 1.77 bits per heavy atom. The zero-order valence-corrected chi connectivity index (χ0v) is 12.6.